The van der Waals surface area contributed by atoms with Gasteiger partial charge in [-0.25, -0.2) is 0 Å². The Balaban J connectivity index is 2.87. The maximum absolute atomic E-state index is 11.6. The molecule has 1 aromatic carbocycles. The van der Waals surface area contributed by atoms with Crippen molar-refractivity contribution in [2.45, 2.75) is 96.0 Å². The average Bonchev–Trinajstić information content (AvgIpc) is 2.79. The van der Waals surface area contributed by atoms with Gasteiger partial charge in [-0.2, -0.15) is 0 Å². The predicted octanol–water partition coefficient (Wildman–Crippen LogP) is 6.61. The summed E-state index contributed by atoms with van der Waals surface area (Å²) in [5.74, 6) is 0.00711. The van der Waals surface area contributed by atoms with Crippen LogP contribution in [-0.4, -0.2) is 53.2 Å². The van der Waals surface area contributed by atoms with Crippen molar-refractivity contribution in [2.24, 2.45) is 5.92 Å². The second-order valence-corrected chi connectivity index (χ2v) is 18.7. The molecule has 0 aromatic heterocycles. The van der Waals surface area contributed by atoms with Crippen LogP contribution in [0.1, 0.15) is 61.3 Å². The van der Waals surface area contributed by atoms with E-state index in [-0.39, 0.29) is 30.9 Å². The second kappa shape index (κ2) is 14.5. The molecule has 36 heavy (non-hydrogen) atoms. The van der Waals surface area contributed by atoms with E-state index in [0.717, 1.165) is 12.8 Å². The normalized spacial score (nSPS) is 17.7. The molecule has 1 N–H and O–H groups in total. The van der Waals surface area contributed by atoms with Gasteiger partial charge in [-0.1, -0.05) is 20.8 Å². The summed E-state index contributed by atoms with van der Waals surface area (Å²) in [5.41, 5.74) is -0.00645. The molecule has 0 heterocycles. The first-order chi connectivity index (χ1) is 16.6. The molecule has 0 saturated heterocycles. The minimum absolute atomic E-state index is 0.0208. The van der Waals surface area contributed by atoms with Gasteiger partial charge in [0.2, 0.25) is 0 Å². The van der Waals surface area contributed by atoms with E-state index in [4.69, 9.17) is 9.16 Å². The van der Waals surface area contributed by atoms with E-state index in [2.05, 4.69) is 85.0 Å². The fourth-order valence-corrected chi connectivity index (χ4v) is 7.06. The number of methoxy groups -OCH3 is 1. The first-order valence-corrected chi connectivity index (χ1v) is 17.6. The van der Waals surface area contributed by atoms with Gasteiger partial charge >= 0.3 is 207 Å². The van der Waals surface area contributed by atoms with Crippen molar-refractivity contribution in [3.8, 4) is 0 Å². The van der Waals surface area contributed by atoms with Gasteiger partial charge in [0, 0.05) is 0 Å². The molecule has 0 aliphatic carbocycles. The number of carbonyl (C=O) groups is 1. The van der Waals surface area contributed by atoms with Crippen molar-refractivity contribution in [1.29, 1.82) is 0 Å². The first-order valence-electron chi connectivity index (χ1n) is 12.8. The van der Waals surface area contributed by atoms with Crippen molar-refractivity contribution < 1.29 is 19.1 Å². The van der Waals surface area contributed by atoms with Crippen LogP contribution in [-0.2, 0) is 14.0 Å². The molecule has 0 fully saturated rings. The molecule has 202 valence electrons. The summed E-state index contributed by atoms with van der Waals surface area (Å²) >= 11 is -0.0208. The van der Waals surface area contributed by atoms with E-state index in [1.807, 2.05) is 18.2 Å². The van der Waals surface area contributed by atoms with E-state index >= 15 is 0 Å². The van der Waals surface area contributed by atoms with E-state index in [9.17, 15) is 9.90 Å². The van der Waals surface area contributed by atoms with Crippen LogP contribution in [0.15, 0.2) is 66.3 Å². The van der Waals surface area contributed by atoms with E-state index < -0.39 is 19.9 Å². The molecular weight excluding hydrogens is 531 g/mol. The van der Waals surface area contributed by atoms with Gasteiger partial charge in [-0.3, -0.25) is 0 Å². The molecule has 0 amide bonds. The Hall–Kier alpha value is -1.43. The Bertz CT molecular complexity index is 897. The number of allylic oxidation sites excluding steroid dienone is 3. The molecule has 0 spiro atoms. The maximum atomic E-state index is 11.6. The molecule has 4 atom stereocenters. The van der Waals surface area contributed by atoms with Gasteiger partial charge in [0.15, 0.2) is 0 Å². The molecule has 1 unspecified atom stereocenters. The number of carbonyl (C=O) groups excluding carboxylic acids is 1. The van der Waals surface area contributed by atoms with Gasteiger partial charge in [-0.15, -0.1) is 0 Å². The molecule has 0 aliphatic heterocycles. The van der Waals surface area contributed by atoms with Crippen molar-refractivity contribution in [3.05, 3.63) is 66.3 Å². The van der Waals surface area contributed by atoms with Crippen LogP contribution in [0.5, 0.6) is 0 Å². The van der Waals surface area contributed by atoms with Crippen molar-refractivity contribution in [2.75, 3.05) is 7.11 Å². The number of ether oxygens (including phenoxy) is 1. The Morgan fingerprint density at radius 2 is 1.72 bits per heavy atom. The third-order valence-electron chi connectivity index (χ3n) is 7.05. The average molecular weight is 580 g/mol. The quantitative estimate of drug-likeness (QED) is 0.124. The van der Waals surface area contributed by atoms with Crippen molar-refractivity contribution in [1.82, 2.24) is 0 Å². The summed E-state index contributed by atoms with van der Waals surface area (Å²) in [6.07, 6.45) is 11.6. The zero-order valence-corrected chi connectivity index (χ0v) is 26.7. The summed E-state index contributed by atoms with van der Waals surface area (Å²) in [6, 6.07) is 10.2. The van der Waals surface area contributed by atoms with Gasteiger partial charge in [-0.05, 0) is 0 Å². The number of benzene rings is 1. The zero-order chi connectivity index (χ0) is 27.6. The molecule has 0 saturated carbocycles. The van der Waals surface area contributed by atoms with Crippen LogP contribution in [0.3, 0.4) is 0 Å². The van der Waals surface area contributed by atoms with Crippen LogP contribution in [0.25, 0.3) is 0 Å². The Labute approximate surface area is 227 Å². The van der Waals surface area contributed by atoms with Crippen LogP contribution >= 0.6 is 0 Å². The Morgan fingerprint density at radius 3 is 2.28 bits per heavy atom. The second-order valence-electron chi connectivity index (χ2n) is 11.4. The Morgan fingerprint density at radius 1 is 1.11 bits per heavy atom. The fourth-order valence-electron chi connectivity index (χ4n) is 3.27. The molecule has 1 rings (SSSR count). The molecule has 0 bridgehead atoms. The third-order valence-corrected chi connectivity index (χ3v) is 14.6. The van der Waals surface area contributed by atoms with Gasteiger partial charge in [0.05, 0.1) is 0 Å². The summed E-state index contributed by atoms with van der Waals surface area (Å²) in [7, 11) is -0.432. The molecule has 0 radical (unpaired) electrons. The van der Waals surface area contributed by atoms with Gasteiger partial charge in [0.1, 0.15) is 0 Å². The SMILES string of the molecule is COC(=O)/C=C/[C@](C)(O)C(/C=C/C(C)=C/CC[C@H](C)[C@@H](C)O[Si](C)(C)C(C)(C)C)[Se]c1ccccc1. The third kappa shape index (κ3) is 11.3. The zero-order valence-electron chi connectivity index (χ0n) is 24.0. The summed E-state index contributed by atoms with van der Waals surface area (Å²) in [5, 5.41) is 11.4. The van der Waals surface area contributed by atoms with Crippen molar-refractivity contribution >= 4 is 33.7 Å². The number of esters is 1. The van der Waals surface area contributed by atoms with Crippen molar-refractivity contribution in [3.63, 3.8) is 0 Å². The van der Waals surface area contributed by atoms with Gasteiger partial charge in [0.25, 0.3) is 0 Å². The summed E-state index contributed by atoms with van der Waals surface area (Å²) in [4.78, 5) is 11.5. The standard InChI is InChI=1S/C30H48O4SeSi/c1-23(15-14-16-24(2)25(3)34-36(9,10)29(4,5)6)19-20-27(35-26-17-12-11-13-18-26)30(7,32)22-21-28(31)33-8/h11-13,15,17-22,24-25,27,32H,14,16H2,1-10H3/b20-19+,22-21+,23-15+/t24-,25+,27?,30-/m0/s1. The Kier molecular flexibility index (Phi) is 13.1. The van der Waals surface area contributed by atoms with E-state index in [0.29, 0.717) is 5.92 Å². The molecule has 6 heteroatoms. The van der Waals surface area contributed by atoms with Crippen LogP contribution in [0.4, 0.5) is 0 Å². The first kappa shape index (κ1) is 32.6. The van der Waals surface area contributed by atoms with Gasteiger partial charge < -0.3 is 0 Å². The summed E-state index contributed by atoms with van der Waals surface area (Å²) in [6.45, 7) is 19.8. The summed E-state index contributed by atoms with van der Waals surface area (Å²) < 4.78 is 12.5. The topological polar surface area (TPSA) is 55.8 Å². The van der Waals surface area contributed by atoms with Crippen LogP contribution in [0.2, 0.25) is 22.9 Å². The number of aliphatic hydroxyl groups is 1. The predicted molar refractivity (Wildman–Crippen MR) is 156 cm³/mol. The van der Waals surface area contributed by atoms with E-state index in [1.54, 1.807) is 13.0 Å². The number of hydrogen-bond donors (Lipinski definition) is 1. The van der Waals surface area contributed by atoms with E-state index in [1.165, 1.54) is 23.2 Å². The van der Waals surface area contributed by atoms with Crippen LogP contribution < -0.4 is 4.46 Å². The number of rotatable bonds is 13. The minimum atomic E-state index is -1.77. The number of hydrogen-bond acceptors (Lipinski definition) is 4. The van der Waals surface area contributed by atoms with Crippen LogP contribution in [0, 0.1) is 5.92 Å². The fraction of sp³-hybridized carbons (Fsp3) is 0.567. The molecule has 0 aliphatic rings. The monoisotopic (exact) mass is 580 g/mol. The molecule has 1 aromatic rings. The molecule has 4 nitrogen and oxygen atoms in total. The molecular formula is C30H48O4SeSi.